The van der Waals surface area contributed by atoms with Crippen LogP contribution in [-0.4, -0.2) is 25.0 Å². The number of hydrogen-bond acceptors (Lipinski definition) is 7. The van der Waals surface area contributed by atoms with E-state index in [2.05, 4.69) is 54.3 Å². The molecule has 126 valence electrons. The molecule has 0 bridgehead atoms. The normalized spacial score (nSPS) is 11.3. The number of thiophene rings is 1. The molecule has 0 aliphatic rings. The molecule has 4 N–H and O–H groups in total. The summed E-state index contributed by atoms with van der Waals surface area (Å²) in [6.07, 6.45) is 0. The van der Waals surface area contributed by atoms with Gasteiger partial charge in [0.25, 0.3) is 0 Å². The molecule has 25 heavy (non-hydrogen) atoms. The molecule has 0 saturated heterocycles. The summed E-state index contributed by atoms with van der Waals surface area (Å²) in [5.74, 6) is 0.211. The van der Waals surface area contributed by atoms with E-state index in [9.17, 15) is 0 Å². The molecule has 0 fully saturated rings. The standard InChI is InChI=1S/C16H14IN7S/c1-8-4-9(2-3-11(8)18)6-24-15-14(22-23-24)13(20-16(19)21-15)12-5-10(17)7-25-12/h2-5,7H,6,18H2,1H3,(H2,19,20,21). The zero-order chi connectivity index (χ0) is 17.6. The Balaban J connectivity index is 1.81. The molecule has 0 spiro atoms. The van der Waals surface area contributed by atoms with Crippen LogP contribution in [0.1, 0.15) is 11.1 Å². The van der Waals surface area contributed by atoms with E-state index in [0.717, 1.165) is 31.0 Å². The van der Waals surface area contributed by atoms with Gasteiger partial charge in [0.1, 0.15) is 5.69 Å². The van der Waals surface area contributed by atoms with Crippen LogP contribution in [0.25, 0.3) is 21.7 Å². The summed E-state index contributed by atoms with van der Waals surface area (Å²) < 4.78 is 2.88. The molecule has 0 unspecified atom stereocenters. The van der Waals surface area contributed by atoms with Crippen molar-refractivity contribution in [3.63, 3.8) is 0 Å². The first kappa shape index (κ1) is 16.2. The Morgan fingerprint density at radius 1 is 1.20 bits per heavy atom. The molecule has 7 nitrogen and oxygen atoms in total. The third-order valence-corrected chi connectivity index (χ3v) is 5.83. The van der Waals surface area contributed by atoms with Gasteiger partial charge in [-0.3, -0.25) is 0 Å². The van der Waals surface area contributed by atoms with Gasteiger partial charge in [-0.15, -0.1) is 16.4 Å². The fourth-order valence-electron chi connectivity index (χ4n) is 2.60. The monoisotopic (exact) mass is 463 g/mol. The number of nitrogens with zero attached hydrogens (tertiary/aromatic N) is 5. The highest BCUT2D eigenvalue weighted by molar-refractivity contribution is 14.1. The SMILES string of the molecule is Cc1cc(Cn2nnc3c(-c4cc(I)cs4)nc(N)nc32)ccc1N. The number of hydrogen-bond donors (Lipinski definition) is 2. The Hall–Kier alpha value is -2.27. The molecule has 3 aromatic heterocycles. The number of nitrogens with two attached hydrogens (primary N) is 2. The van der Waals surface area contributed by atoms with Crippen LogP contribution in [0.15, 0.2) is 29.6 Å². The number of nitrogen functional groups attached to an aromatic ring is 2. The summed E-state index contributed by atoms with van der Waals surface area (Å²) in [6, 6.07) is 7.96. The van der Waals surface area contributed by atoms with Gasteiger partial charge in [-0.25, -0.2) is 9.67 Å². The van der Waals surface area contributed by atoms with E-state index < -0.39 is 0 Å². The minimum absolute atomic E-state index is 0.211. The van der Waals surface area contributed by atoms with Crippen molar-refractivity contribution >= 4 is 56.7 Å². The molecular weight excluding hydrogens is 449 g/mol. The lowest BCUT2D eigenvalue weighted by Gasteiger charge is -2.06. The summed E-state index contributed by atoms with van der Waals surface area (Å²) in [5, 5.41) is 10.6. The maximum Gasteiger partial charge on any atom is 0.222 e. The molecule has 0 radical (unpaired) electrons. The van der Waals surface area contributed by atoms with Gasteiger partial charge in [0.15, 0.2) is 11.2 Å². The van der Waals surface area contributed by atoms with Crippen molar-refractivity contribution in [2.45, 2.75) is 13.5 Å². The summed E-state index contributed by atoms with van der Waals surface area (Å²) in [7, 11) is 0. The lowest BCUT2D eigenvalue weighted by molar-refractivity contribution is 0.664. The maximum absolute atomic E-state index is 5.93. The Kier molecular flexibility index (Phi) is 4.04. The molecule has 4 rings (SSSR count). The molecule has 0 amide bonds. The number of fused-ring (bicyclic) bond motifs is 1. The largest absolute Gasteiger partial charge is 0.399 e. The van der Waals surface area contributed by atoms with Crippen molar-refractivity contribution in [2.75, 3.05) is 11.5 Å². The molecule has 0 aliphatic heterocycles. The summed E-state index contributed by atoms with van der Waals surface area (Å²) in [4.78, 5) is 9.72. The molecule has 0 aliphatic carbocycles. The quantitative estimate of drug-likeness (QED) is 0.357. The fourth-order valence-corrected chi connectivity index (χ4v) is 4.26. The molecular formula is C16H14IN7S. The van der Waals surface area contributed by atoms with Crippen LogP contribution in [0.5, 0.6) is 0 Å². The van der Waals surface area contributed by atoms with E-state index in [1.54, 1.807) is 16.0 Å². The average Bonchev–Trinajstić information content (AvgIpc) is 3.17. The van der Waals surface area contributed by atoms with E-state index in [1.165, 1.54) is 0 Å². The van der Waals surface area contributed by atoms with Crippen molar-refractivity contribution in [2.24, 2.45) is 0 Å². The van der Waals surface area contributed by atoms with Gasteiger partial charge in [-0.1, -0.05) is 17.3 Å². The minimum Gasteiger partial charge on any atom is -0.399 e. The van der Waals surface area contributed by atoms with Crippen LogP contribution < -0.4 is 11.5 Å². The highest BCUT2D eigenvalue weighted by Crippen LogP contribution is 2.31. The van der Waals surface area contributed by atoms with E-state index in [0.29, 0.717) is 17.7 Å². The van der Waals surface area contributed by atoms with Crippen LogP contribution in [-0.2, 0) is 6.54 Å². The van der Waals surface area contributed by atoms with Crippen LogP contribution in [0, 0.1) is 10.5 Å². The number of rotatable bonds is 3. The van der Waals surface area contributed by atoms with Gasteiger partial charge in [-0.05, 0) is 52.8 Å². The van der Waals surface area contributed by atoms with Gasteiger partial charge in [0.05, 0.1) is 11.4 Å². The van der Waals surface area contributed by atoms with Crippen molar-refractivity contribution in [1.82, 2.24) is 25.0 Å². The lowest BCUT2D eigenvalue weighted by Crippen LogP contribution is -2.05. The minimum atomic E-state index is 0.211. The van der Waals surface area contributed by atoms with E-state index in [-0.39, 0.29) is 5.95 Å². The number of aryl methyl sites for hydroxylation is 1. The van der Waals surface area contributed by atoms with Crippen molar-refractivity contribution in [3.05, 3.63) is 44.3 Å². The first-order valence-corrected chi connectivity index (χ1v) is 9.43. The molecule has 0 atom stereocenters. The molecule has 0 saturated carbocycles. The highest BCUT2D eigenvalue weighted by Gasteiger charge is 2.17. The lowest BCUT2D eigenvalue weighted by atomic mass is 10.1. The second-order valence-corrected chi connectivity index (χ2v) is 7.83. The highest BCUT2D eigenvalue weighted by atomic mass is 127. The van der Waals surface area contributed by atoms with Crippen LogP contribution >= 0.6 is 33.9 Å². The molecule has 3 heterocycles. The Morgan fingerprint density at radius 2 is 2.04 bits per heavy atom. The Bertz CT molecular complexity index is 1090. The predicted octanol–water partition coefficient (Wildman–Crippen LogP) is 3.08. The van der Waals surface area contributed by atoms with Crippen molar-refractivity contribution < 1.29 is 0 Å². The zero-order valence-corrected chi connectivity index (χ0v) is 16.2. The topological polar surface area (TPSA) is 109 Å². The van der Waals surface area contributed by atoms with Gasteiger partial charge < -0.3 is 11.5 Å². The predicted molar refractivity (Wildman–Crippen MR) is 108 cm³/mol. The average molecular weight is 463 g/mol. The Labute approximate surface area is 161 Å². The number of anilines is 2. The van der Waals surface area contributed by atoms with Crippen LogP contribution in [0.4, 0.5) is 11.6 Å². The summed E-state index contributed by atoms with van der Waals surface area (Å²) in [5.41, 5.74) is 16.7. The van der Waals surface area contributed by atoms with Gasteiger partial charge in [0, 0.05) is 14.6 Å². The second kappa shape index (κ2) is 6.23. The fraction of sp³-hybridized carbons (Fsp3) is 0.125. The van der Waals surface area contributed by atoms with E-state index in [1.807, 2.05) is 25.1 Å². The van der Waals surface area contributed by atoms with Crippen molar-refractivity contribution in [3.8, 4) is 10.6 Å². The smallest absolute Gasteiger partial charge is 0.222 e. The first-order valence-electron chi connectivity index (χ1n) is 7.47. The number of halogens is 1. The third kappa shape index (κ3) is 3.04. The van der Waals surface area contributed by atoms with Crippen molar-refractivity contribution in [1.29, 1.82) is 0 Å². The second-order valence-electron chi connectivity index (χ2n) is 5.67. The molecule has 1 aromatic carbocycles. The van der Waals surface area contributed by atoms with Crippen LogP contribution in [0.2, 0.25) is 0 Å². The summed E-state index contributed by atoms with van der Waals surface area (Å²) >= 11 is 3.87. The summed E-state index contributed by atoms with van der Waals surface area (Å²) in [6.45, 7) is 2.52. The Morgan fingerprint density at radius 3 is 2.76 bits per heavy atom. The zero-order valence-electron chi connectivity index (χ0n) is 13.3. The number of aromatic nitrogens is 5. The van der Waals surface area contributed by atoms with E-state index >= 15 is 0 Å². The molecule has 4 aromatic rings. The van der Waals surface area contributed by atoms with E-state index in [4.69, 9.17) is 11.5 Å². The van der Waals surface area contributed by atoms with Gasteiger partial charge >= 0.3 is 0 Å². The van der Waals surface area contributed by atoms with Gasteiger partial charge in [0.2, 0.25) is 5.95 Å². The maximum atomic E-state index is 5.93. The van der Waals surface area contributed by atoms with Crippen LogP contribution in [0.3, 0.4) is 0 Å². The third-order valence-electron chi connectivity index (χ3n) is 3.85. The molecule has 9 heteroatoms. The first-order chi connectivity index (χ1) is 12.0. The van der Waals surface area contributed by atoms with Gasteiger partial charge in [-0.2, -0.15) is 4.98 Å². The number of benzene rings is 1.